The van der Waals surface area contributed by atoms with Crippen LogP contribution in [0.15, 0.2) is 91.7 Å². The second-order valence-electron chi connectivity index (χ2n) is 13.3. The fourth-order valence-electron chi connectivity index (χ4n) is 7.04. The molecule has 2 aliphatic heterocycles. The monoisotopic (exact) mass is 692 g/mol. The smallest absolute Gasteiger partial charge is 0.236 e. The highest BCUT2D eigenvalue weighted by atomic mass is 19.1. The molecule has 4 aromatic rings. The van der Waals surface area contributed by atoms with Gasteiger partial charge in [0.15, 0.2) is 5.82 Å². The number of nitrogen functional groups attached to an aromatic ring is 1. The molecule has 2 amide bonds. The van der Waals surface area contributed by atoms with Gasteiger partial charge in [0, 0.05) is 80.4 Å². The van der Waals surface area contributed by atoms with E-state index < -0.39 is 5.41 Å². The molecule has 5 heterocycles. The van der Waals surface area contributed by atoms with E-state index in [1.807, 2.05) is 61.2 Å². The van der Waals surface area contributed by atoms with Gasteiger partial charge in [-0.3, -0.25) is 14.5 Å². The summed E-state index contributed by atoms with van der Waals surface area (Å²) in [6, 6.07) is 11.3. The highest BCUT2D eigenvalue weighted by Gasteiger charge is 2.46. The Hall–Kier alpha value is -5.43. The summed E-state index contributed by atoms with van der Waals surface area (Å²) >= 11 is 0. The van der Waals surface area contributed by atoms with E-state index >= 15 is 0 Å². The van der Waals surface area contributed by atoms with Crippen molar-refractivity contribution in [3.05, 3.63) is 97.4 Å². The number of hydrogen-bond acceptors (Lipinski definition) is 9. The summed E-state index contributed by atoms with van der Waals surface area (Å²) in [5, 5.41) is 8.53. The van der Waals surface area contributed by atoms with Crippen LogP contribution in [-0.4, -0.2) is 92.3 Å². The number of nitrogens with one attached hydrogen (secondary N) is 1. The molecular weight excluding hydrogens is 647 g/mol. The molecule has 2 unspecified atom stereocenters. The third kappa shape index (κ3) is 7.68. The quantitative estimate of drug-likeness (QED) is 0.154. The highest BCUT2D eigenvalue weighted by Crippen LogP contribution is 2.39. The van der Waals surface area contributed by atoms with Crippen molar-refractivity contribution in [1.82, 2.24) is 34.6 Å². The molecule has 2 fully saturated rings. The molecule has 6 rings (SSSR count). The van der Waals surface area contributed by atoms with Gasteiger partial charge in [-0.25, -0.2) is 19.3 Å². The molecule has 0 bridgehead atoms. The minimum atomic E-state index is -0.844. The molecular formula is C38H45FN10O2. The first-order chi connectivity index (χ1) is 24.7. The Labute approximate surface area is 297 Å². The number of halogens is 1. The van der Waals surface area contributed by atoms with E-state index in [9.17, 15) is 14.0 Å². The van der Waals surface area contributed by atoms with Crippen LogP contribution < -0.4 is 16.1 Å². The van der Waals surface area contributed by atoms with Crippen molar-refractivity contribution in [2.75, 3.05) is 61.9 Å². The predicted octanol–water partition coefficient (Wildman–Crippen LogP) is 5.08. The molecule has 2 aliphatic rings. The zero-order valence-corrected chi connectivity index (χ0v) is 29.2. The number of hydrogen-bond donors (Lipinski definition) is 2. The van der Waals surface area contributed by atoms with Crippen molar-refractivity contribution in [1.29, 1.82) is 0 Å². The van der Waals surface area contributed by atoms with Crippen molar-refractivity contribution >= 4 is 34.2 Å². The lowest BCUT2D eigenvalue weighted by molar-refractivity contribution is -0.133. The number of rotatable bonds is 12. The molecule has 0 saturated carbocycles. The molecule has 0 radical (unpaired) electrons. The van der Waals surface area contributed by atoms with Crippen LogP contribution in [0, 0.1) is 5.41 Å². The molecule has 266 valence electrons. The van der Waals surface area contributed by atoms with E-state index in [0.29, 0.717) is 76.4 Å². The van der Waals surface area contributed by atoms with E-state index in [0.717, 1.165) is 33.6 Å². The number of pyridine rings is 1. The summed E-state index contributed by atoms with van der Waals surface area (Å²) in [6.45, 7) is 11.8. The van der Waals surface area contributed by atoms with Gasteiger partial charge in [-0.2, -0.15) is 9.89 Å². The minimum absolute atomic E-state index is 0.0478. The second kappa shape index (κ2) is 15.6. The molecule has 12 nitrogen and oxygen atoms in total. The van der Waals surface area contributed by atoms with Crippen LogP contribution in [0.2, 0.25) is 0 Å². The fraction of sp³-hybridized carbons (Fsp3) is 0.368. The van der Waals surface area contributed by atoms with Crippen LogP contribution >= 0.6 is 0 Å². The van der Waals surface area contributed by atoms with Gasteiger partial charge < -0.3 is 21.0 Å². The first-order valence-corrected chi connectivity index (χ1v) is 17.3. The number of amides is 2. The Bertz CT molecular complexity index is 1920. The van der Waals surface area contributed by atoms with E-state index in [4.69, 9.17) is 5.84 Å². The third-order valence-corrected chi connectivity index (χ3v) is 9.99. The number of piperazine rings is 1. The van der Waals surface area contributed by atoms with Crippen LogP contribution in [0.5, 0.6) is 0 Å². The first-order valence-electron chi connectivity index (χ1n) is 17.3. The largest absolute Gasteiger partial charge is 0.353 e. The van der Waals surface area contributed by atoms with Gasteiger partial charge in [0.25, 0.3) is 0 Å². The summed E-state index contributed by atoms with van der Waals surface area (Å²) in [5.74, 6) is 7.51. The average Bonchev–Trinajstić information content (AvgIpc) is 3.73. The van der Waals surface area contributed by atoms with E-state index in [2.05, 4.69) is 41.7 Å². The van der Waals surface area contributed by atoms with Crippen molar-refractivity contribution in [2.45, 2.75) is 39.0 Å². The van der Waals surface area contributed by atoms with Gasteiger partial charge in [0.1, 0.15) is 5.82 Å². The fourth-order valence-corrected chi connectivity index (χ4v) is 7.04. The normalized spacial score (nSPS) is 19.0. The standard InChI is InChI=1S/C38H45FN10O2/c1-4-8-28(9-5-6-15-39)35-31-23-30(11-12-32(31)49(40)45-35)44-37(51)38(27(2)3)14-18-46(26-38)25-34(50)48-21-19-47(20-22-48)33-13-10-29(24-43-33)36-41-16-7-17-42-36/h4,6-8,10-13,15-17,23-24,28H,2,5,9,14,18-22,25-26,40H2,1,3H3,(H,44,51)/b8-4-,15-6+. The number of carbonyl (C=O) groups excluding carboxylic acids is 2. The number of nitrogens with zero attached hydrogens (tertiary/aromatic N) is 8. The van der Waals surface area contributed by atoms with Gasteiger partial charge >= 0.3 is 0 Å². The van der Waals surface area contributed by atoms with Crippen molar-refractivity contribution in [3.8, 4) is 11.4 Å². The number of benzene rings is 1. The number of fused-ring (bicyclic) bond motifs is 1. The Morgan fingerprint density at radius 1 is 1.10 bits per heavy atom. The SMILES string of the molecule is C=C(C)C1(C(=O)Nc2ccc3c(c2)c(C(/C=C\C)CC/C=C/F)nn3N)CCN(CC(=O)N2CCN(c3ccc(-c4ncccn4)cn3)CC2)C1. The minimum Gasteiger partial charge on any atom is -0.353 e. The maximum Gasteiger partial charge on any atom is 0.236 e. The summed E-state index contributed by atoms with van der Waals surface area (Å²) in [6.07, 6.45) is 13.0. The molecule has 13 heteroatoms. The molecule has 0 aliphatic carbocycles. The Morgan fingerprint density at radius 2 is 1.88 bits per heavy atom. The summed E-state index contributed by atoms with van der Waals surface area (Å²) in [7, 11) is 0. The molecule has 3 aromatic heterocycles. The summed E-state index contributed by atoms with van der Waals surface area (Å²) in [4.78, 5) is 48.1. The molecule has 51 heavy (non-hydrogen) atoms. The van der Waals surface area contributed by atoms with Gasteiger partial charge in [-0.05, 0) is 69.5 Å². The lowest BCUT2D eigenvalue weighted by Gasteiger charge is -2.36. The summed E-state index contributed by atoms with van der Waals surface area (Å²) < 4.78 is 12.7. The van der Waals surface area contributed by atoms with Crippen LogP contribution in [0.3, 0.4) is 0 Å². The third-order valence-electron chi connectivity index (χ3n) is 9.99. The molecule has 1 aromatic carbocycles. The van der Waals surface area contributed by atoms with E-state index in [-0.39, 0.29) is 24.3 Å². The predicted molar refractivity (Wildman–Crippen MR) is 198 cm³/mol. The lowest BCUT2D eigenvalue weighted by Crippen LogP contribution is -2.51. The van der Waals surface area contributed by atoms with Crippen LogP contribution in [0.1, 0.15) is 44.7 Å². The first kappa shape index (κ1) is 35.4. The van der Waals surface area contributed by atoms with E-state index in [1.54, 1.807) is 24.7 Å². The van der Waals surface area contributed by atoms with Gasteiger partial charge in [0.05, 0.1) is 29.5 Å². The summed E-state index contributed by atoms with van der Waals surface area (Å²) in [5.41, 5.74) is 2.88. The number of allylic oxidation sites excluding steroid dienone is 3. The van der Waals surface area contributed by atoms with Crippen LogP contribution in [-0.2, 0) is 9.59 Å². The number of aromatic nitrogens is 5. The Morgan fingerprint density at radius 3 is 2.57 bits per heavy atom. The number of nitrogens with two attached hydrogens (primary N) is 1. The maximum atomic E-state index is 14.0. The maximum absolute atomic E-state index is 14.0. The molecule has 0 spiro atoms. The van der Waals surface area contributed by atoms with Crippen LogP contribution in [0.4, 0.5) is 15.9 Å². The van der Waals surface area contributed by atoms with Crippen molar-refractivity contribution < 1.29 is 14.0 Å². The zero-order chi connectivity index (χ0) is 36.0. The topological polar surface area (TPSA) is 138 Å². The molecule has 2 saturated heterocycles. The molecule has 2 atom stereocenters. The van der Waals surface area contributed by atoms with Gasteiger partial charge in [-0.15, -0.1) is 0 Å². The average molecular weight is 693 g/mol. The zero-order valence-electron chi connectivity index (χ0n) is 29.2. The Balaban J connectivity index is 1.07. The number of likely N-dealkylation sites (tertiary alicyclic amines) is 1. The second-order valence-corrected chi connectivity index (χ2v) is 13.3. The van der Waals surface area contributed by atoms with Crippen LogP contribution in [0.25, 0.3) is 22.3 Å². The lowest BCUT2D eigenvalue weighted by atomic mass is 9.79. The number of carbonyl (C=O) groups is 2. The van der Waals surface area contributed by atoms with Gasteiger partial charge in [-0.1, -0.05) is 30.4 Å². The van der Waals surface area contributed by atoms with Gasteiger partial charge in [0.2, 0.25) is 11.8 Å². The van der Waals surface area contributed by atoms with Crippen molar-refractivity contribution in [3.63, 3.8) is 0 Å². The highest BCUT2D eigenvalue weighted by molar-refractivity contribution is 6.00. The molecule has 3 N–H and O–H groups in total. The van der Waals surface area contributed by atoms with Crippen molar-refractivity contribution in [2.24, 2.45) is 5.41 Å². The number of anilines is 2. The Kier molecular flexibility index (Phi) is 10.8. The van der Waals surface area contributed by atoms with E-state index in [1.165, 1.54) is 10.9 Å².